The van der Waals surface area contributed by atoms with Gasteiger partial charge in [-0.05, 0) is 54.5 Å². The van der Waals surface area contributed by atoms with E-state index in [2.05, 4.69) is 62.5 Å². The summed E-state index contributed by atoms with van der Waals surface area (Å²) in [6, 6.07) is 17.0. The second-order valence-corrected chi connectivity index (χ2v) is 7.45. The van der Waals surface area contributed by atoms with E-state index in [0.717, 1.165) is 18.4 Å². The minimum atomic E-state index is -0.0997. The van der Waals surface area contributed by atoms with Crippen LogP contribution >= 0.6 is 0 Å². The largest absolute Gasteiger partial charge is 0.508 e. The molecule has 0 saturated carbocycles. The first kappa shape index (κ1) is 17.4. The van der Waals surface area contributed by atoms with Gasteiger partial charge in [0.15, 0.2) is 0 Å². The van der Waals surface area contributed by atoms with Gasteiger partial charge in [-0.25, -0.2) is 0 Å². The molecule has 2 N–H and O–H groups in total. The lowest BCUT2D eigenvalue weighted by Crippen LogP contribution is -2.39. The van der Waals surface area contributed by atoms with Crippen LogP contribution in [0.2, 0.25) is 0 Å². The Balaban J connectivity index is 2.04. The fraction of sp³-hybridized carbons (Fsp3) is 0.409. The Morgan fingerprint density at radius 3 is 2.72 bits per heavy atom. The predicted octanol–water partition coefficient (Wildman–Crippen LogP) is 5.11. The van der Waals surface area contributed by atoms with Crippen molar-refractivity contribution in [2.75, 3.05) is 5.32 Å². The molecule has 3 nitrogen and oxygen atoms in total. The third kappa shape index (κ3) is 3.09. The molecule has 1 heterocycles. The summed E-state index contributed by atoms with van der Waals surface area (Å²) in [5, 5.41) is 22.9. The molecule has 1 aliphatic heterocycles. The summed E-state index contributed by atoms with van der Waals surface area (Å²) in [6.45, 7) is 6.40. The van der Waals surface area contributed by atoms with Crippen molar-refractivity contribution in [3.05, 3.63) is 59.2 Å². The molecule has 3 heteroatoms. The number of fused-ring (bicyclic) bond motifs is 1. The summed E-state index contributed by atoms with van der Waals surface area (Å²) < 4.78 is 0. The molecule has 2 atom stereocenters. The molecule has 3 rings (SSSR count). The van der Waals surface area contributed by atoms with Crippen molar-refractivity contribution in [1.82, 2.24) is 0 Å². The summed E-state index contributed by atoms with van der Waals surface area (Å²) >= 11 is 0. The third-order valence-electron chi connectivity index (χ3n) is 5.58. The summed E-state index contributed by atoms with van der Waals surface area (Å²) in [5.41, 5.74) is 4.58. The zero-order valence-electron chi connectivity index (χ0n) is 15.2. The number of anilines is 1. The lowest BCUT2D eigenvalue weighted by atomic mass is 9.69. The summed E-state index contributed by atoms with van der Waals surface area (Å²) in [5.74, 6) is 0.643. The van der Waals surface area contributed by atoms with Crippen molar-refractivity contribution in [1.29, 1.82) is 5.26 Å². The number of rotatable bonds is 5. The highest BCUT2D eigenvalue weighted by molar-refractivity contribution is 5.62. The SMILES string of the molecule is CC(C)c1cc(CC2(CCC#N)c3ccccc3NC2C)ccc1O. The average molecular weight is 334 g/mol. The van der Waals surface area contributed by atoms with Gasteiger partial charge in [0, 0.05) is 23.6 Å². The first-order chi connectivity index (χ1) is 12.0. The standard InChI is InChI=1S/C22H26N2O/c1-15(2)18-13-17(9-10-21(18)25)14-22(11-6-12-23)16(3)24-20-8-5-4-7-19(20)22/h4-5,7-10,13,15-16,24-25H,6,11,14H2,1-3H3. The quantitative estimate of drug-likeness (QED) is 0.798. The number of phenols is 1. The Bertz CT molecular complexity index is 806. The van der Waals surface area contributed by atoms with Gasteiger partial charge in [-0.3, -0.25) is 0 Å². The molecule has 0 aliphatic carbocycles. The van der Waals surface area contributed by atoms with Crippen LogP contribution in [0.1, 0.15) is 56.2 Å². The molecule has 0 radical (unpaired) electrons. The number of hydrogen-bond acceptors (Lipinski definition) is 3. The second kappa shape index (κ2) is 6.80. The highest BCUT2D eigenvalue weighted by atomic mass is 16.3. The van der Waals surface area contributed by atoms with Gasteiger partial charge < -0.3 is 10.4 Å². The van der Waals surface area contributed by atoms with Crippen LogP contribution < -0.4 is 5.32 Å². The van der Waals surface area contributed by atoms with Gasteiger partial charge in [0.05, 0.1) is 6.07 Å². The Morgan fingerprint density at radius 2 is 2.00 bits per heavy atom. The van der Waals surface area contributed by atoms with Crippen LogP contribution in [-0.4, -0.2) is 11.1 Å². The van der Waals surface area contributed by atoms with E-state index >= 15 is 0 Å². The van der Waals surface area contributed by atoms with Crippen molar-refractivity contribution in [3.63, 3.8) is 0 Å². The number of phenolic OH excluding ortho intramolecular Hbond substituents is 1. The van der Waals surface area contributed by atoms with Crippen molar-refractivity contribution >= 4 is 5.69 Å². The zero-order chi connectivity index (χ0) is 18.0. The van der Waals surface area contributed by atoms with Gasteiger partial charge >= 0.3 is 0 Å². The fourth-order valence-corrected chi connectivity index (χ4v) is 4.16. The number of nitriles is 1. The van der Waals surface area contributed by atoms with E-state index in [0.29, 0.717) is 12.2 Å². The molecule has 0 bridgehead atoms. The third-order valence-corrected chi connectivity index (χ3v) is 5.58. The molecule has 2 aromatic carbocycles. The Morgan fingerprint density at radius 1 is 1.24 bits per heavy atom. The molecule has 0 fully saturated rings. The minimum absolute atomic E-state index is 0.0997. The Hall–Kier alpha value is -2.47. The molecule has 0 aromatic heterocycles. The monoisotopic (exact) mass is 334 g/mol. The maximum atomic E-state index is 10.1. The van der Waals surface area contributed by atoms with E-state index in [9.17, 15) is 10.4 Å². The minimum Gasteiger partial charge on any atom is -0.508 e. The zero-order valence-corrected chi connectivity index (χ0v) is 15.2. The van der Waals surface area contributed by atoms with Gasteiger partial charge in [-0.2, -0.15) is 5.26 Å². The second-order valence-electron chi connectivity index (χ2n) is 7.45. The predicted molar refractivity (Wildman–Crippen MR) is 102 cm³/mol. The molecule has 25 heavy (non-hydrogen) atoms. The smallest absolute Gasteiger partial charge is 0.119 e. The van der Waals surface area contributed by atoms with Crippen molar-refractivity contribution in [3.8, 4) is 11.8 Å². The van der Waals surface area contributed by atoms with Gasteiger partial charge in [-0.15, -0.1) is 0 Å². The molecule has 1 aliphatic rings. The van der Waals surface area contributed by atoms with E-state index in [1.54, 1.807) is 0 Å². The highest BCUT2D eigenvalue weighted by Gasteiger charge is 2.44. The normalized spacial score (nSPS) is 21.6. The number of nitrogens with zero attached hydrogens (tertiary/aromatic N) is 1. The number of para-hydroxylation sites is 1. The fourth-order valence-electron chi connectivity index (χ4n) is 4.16. The molecule has 0 saturated heterocycles. The van der Waals surface area contributed by atoms with E-state index in [1.807, 2.05) is 12.1 Å². The molecule has 2 aromatic rings. The maximum Gasteiger partial charge on any atom is 0.119 e. The van der Waals surface area contributed by atoms with Crippen molar-refractivity contribution in [2.45, 2.75) is 57.4 Å². The summed E-state index contributed by atoms with van der Waals surface area (Å²) in [6.07, 6.45) is 2.22. The molecular formula is C22H26N2O. The molecule has 0 spiro atoms. The lowest BCUT2D eigenvalue weighted by molar-refractivity contribution is 0.368. The van der Waals surface area contributed by atoms with E-state index in [4.69, 9.17) is 0 Å². The topological polar surface area (TPSA) is 56.0 Å². The van der Waals surface area contributed by atoms with Crippen LogP contribution in [0.3, 0.4) is 0 Å². The Labute approximate surface area is 150 Å². The van der Waals surface area contributed by atoms with Crippen LogP contribution in [0.5, 0.6) is 5.75 Å². The maximum absolute atomic E-state index is 10.1. The van der Waals surface area contributed by atoms with E-state index < -0.39 is 0 Å². The highest BCUT2D eigenvalue weighted by Crippen LogP contribution is 2.46. The molecule has 0 amide bonds. The summed E-state index contributed by atoms with van der Waals surface area (Å²) in [7, 11) is 0. The lowest BCUT2D eigenvalue weighted by Gasteiger charge is -2.34. The van der Waals surface area contributed by atoms with Gasteiger partial charge in [0.25, 0.3) is 0 Å². The number of nitrogens with one attached hydrogen (secondary N) is 1. The average Bonchev–Trinajstić information content (AvgIpc) is 2.87. The van der Waals surface area contributed by atoms with Crippen molar-refractivity contribution in [2.24, 2.45) is 0 Å². The van der Waals surface area contributed by atoms with Crippen LogP contribution in [0.25, 0.3) is 0 Å². The van der Waals surface area contributed by atoms with Crippen LogP contribution in [0.4, 0.5) is 5.69 Å². The van der Waals surface area contributed by atoms with Gasteiger partial charge in [0.1, 0.15) is 5.75 Å². The number of hydrogen-bond donors (Lipinski definition) is 2. The van der Waals surface area contributed by atoms with E-state index in [1.165, 1.54) is 16.8 Å². The first-order valence-corrected chi connectivity index (χ1v) is 9.02. The van der Waals surface area contributed by atoms with Crippen molar-refractivity contribution < 1.29 is 5.11 Å². The van der Waals surface area contributed by atoms with Gasteiger partial charge in [-0.1, -0.05) is 44.2 Å². The van der Waals surface area contributed by atoms with E-state index in [-0.39, 0.29) is 17.4 Å². The first-order valence-electron chi connectivity index (χ1n) is 9.02. The van der Waals surface area contributed by atoms with Crippen LogP contribution in [-0.2, 0) is 11.8 Å². The van der Waals surface area contributed by atoms with Gasteiger partial charge in [0.2, 0.25) is 0 Å². The van der Waals surface area contributed by atoms with Crippen LogP contribution in [0.15, 0.2) is 42.5 Å². The number of aromatic hydroxyl groups is 1. The Kier molecular flexibility index (Phi) is 4.72. The number of benzene rings is 2. The molecular weight excluding hydrogens is 308 g/mol. The van der Waals surface area contributed by atoms with Crippen LogP contribution in [0, 0.1) is 11.3 Å². The molecule has 130 valence electrons. The summed E-state index contributed by atoms with van der Waals surface area (Å²) in [4.78, 5) is 0. The molecule has 2 unspecified atom stereocenters.